The fourth-order valence-electron chi connectivity index (χ4n) is 4.20. The fourth-order valence-corrected chi connectivity index (χ4v) is 5.01. The van der Waals surface area contributed by atoms with Crippen LogP contribution >= 0.6 is 11.8 Å². The second-order valence-corrected chi connectivity index (χ2v) is 9.83. The molecule has 4 rings (SSSR count). The summed E-state index contributed by atoms with van der Waals surface area (Å²) in [5.41, 5.74) is 3.63. The quantitative estimate of drug-likeness (QED) is 0.325. The molecule has 37 heavy (non-hydrogen) atoms. The lowest BCUT2D eigenvalue weighted by Gasteiger charge is -2.17. The Labute approximate surface area is 220 Å². The van der Waals surface area contributed by atoms with Gasteiger partial charge in [-0.05, 0) is 58.4 Å². The molecule has 1 N–H and O–H groups in total. The highest BCUT2D eigenvalue weighted by Gasteiger charge is 2.22. The molecule has 2 aromatic carbocycles. The first kappa shape index (κ1) is 26.3. The molecule has 10 heteroatoms. The molecule has 9 nitrogen and oxygen atoms in total. The first-order chi connectivity index (χ1) is 17.7. The third-order valence-electron chi connectivity index (χ3n) is 6.21. The van der Waals surface area contributed by atoms with E-state index < -0.39 is 0 Å². The van der Waals surface area contributed by atoms with Crippen molar-refractivity contribution < 1.29 is 9.53 Å². The molecule has 0 aliphatic heterocycles. The number of hydrogen-bond donors (Lipinski definition) is 1. The van der Waals surface area contributed by atoms with Crippen LogP contribution in [0.1, 0.15) is 42.6 Å². The van der Waals surface area contributed by atoms with E-state index in [4.69, 9.17) is 4.74 Å². The van der Waals surface area contributed by atoms with Gasteiger partial charge in [0, 0.05) is 13.6 Å². The first-order valence-electron chi connectivity index (χ1n) is 12.1. The fraction of sp³-hybridized carbons (Fsp3) is 0.333. The number of hydrogen-bond acceptors (Lipinski definition) is 6. The molecule has 0 fully saturated rings. The van der Waals surface area contributed by atoms with Crippen LogP contribution in [0.15, 0.2) is 58.5 Å². The Bertz CT molecular complexity index is 1470. The van der Waals surface area contributed by atoms with Crippen LogP contribution in [0.4, 0.5) is 5.69 Å². The lowest BCUT2D eigenvalue weighted by Crippen LogP contribution is -2.23. The number of anilines is 1. The molecule has 0 aliphatic carbocycles. The number of nitrogens with one attached hydrogen (secondary N) is 1. The summed E-state index contributed by atoms with van der Waals surface area (Å²) >= 11 is 1.27. The number of aryl methyl sites for hydroxylation is 2. The standard InChI is InChI=1S/C27H32N6O3S/c1-7-32-25(20(5)36-22-14-13-17(2)15-18(22)3)29-30-27(32)37-16-23(34)28-24-19(4)31(6)33(26(24)35)21-11-9-8-10-12-21/h8-15,20H,7,16H2,1-6H3,(H,28,34). The molecule has 0 saturated carbocycles. The van der Waals surface area contributed by atoms with Crippen molar-refractivity contribution in [3.63, 3.8) is 0 Å². The number of aromatic nitrogens is 5. The van der Waals surface area contributed by atoms with Gasteiger partial charge >= 0.3 is 0 Å². The molecule has 1 unspecified atom stereocenters. The molecule has 2 aromatic heterocycles. The van der Waals surface area contributed by atoms with E-state index in [2.05, 4.69) is 21.6 Å². The molecule has 2 heterocycles. The van der Waals surface area contributed by atoms with E-state index in [1.165, 1.54) is 22.0 Å². The number of nitrogens with zero attached hydrogens (tertiary/aromatic N) is 5. The summed E-state index contributed by atoms with van der Waals surface area (Å²) in [6.07, 6.45) is -0.319. The monoisotopic (exact) mass is 520 g/mol. The van der Waals surface area contributed by atoms with Crippen molar-refractivity contribution in [1.82, 2.24) is 24.1 Å². The van der Waals surface area contributed by atoms with Crippen molar-refractivity contribution in [3.05, 3.63) is 81.5 Å². The maximum atomic E-state index is 13.1. The number of amides is 1. The number of rotatable bonds is 9. The predicted molar refractivity (Wildman–Crippen MR) is 146 cm³/mol. The summed E-state index contributed by atoms with van der Waals surface area (Å²) < 4.78 is 11.4. The number of carbonyl (C=O) groups is 1. The van der Waals surface area contributed by atoms with Gasteiger partial charge in [0.15, 0.2) is 17.1 Å². The van der Waals surface area contributed by atoms with Gasteiger partial charge in [0.2, 0.25) is 5.91 Å². The van der Waals surface area contributed by atoms with Crippen molar-refractivity contribution >= 4 is 23.4 Å². The third-order valence-corrected chi connectivity index (χ3v) is 7.18. The Morgan fingerprint density at radius 1 is 1.11 bits per heavy atom. The van der Waals surface area contributed by atoms with Gasteiger partial charge in [0.25, 0.3) is 5.56 Å². The summed E-state index contributed by atoms with van der Waals surface area (Å²) in [5, 5.41) is 12.1. The lowest BCUT2D eigenvalue weighted by molar-refractivity contribution is -0.113. The Kier molecular flexibility index (Phi) is 7.87. The summed E-state index contributed by atoms with van der Waals surface area (Å²) in [6, 6.07) is 15.4. The topological polar surface area (TPSA) is 96.0 Å². The second kappa shape index (κ2) is 11.1. The van der Waals surface area contributed by atoms with Gasteiger partial charge in [0.1, 0.15) is 11.4 Å². The number of carbonyl (C=O) groups excluding carboxylic acids is 1. The van der Waals surface area contributed by atoms with E-state index in [1.807, 2.05) is 74.7 Å². The zero-order chi connectivity index (χ0) is 26.7. The Hall–Kier alpha value is -3.79. The average molecular weight is 521 g/mol. The van der Waals surface area contributed by atoms with Gasteiger partial charge in [-0.3, -0.25) is 14.3 Å². The number of benzene rings is 2. The van der Waals surface area contributed by atoms with Crippen molar-refractivity contribution in [2.45, 2.75) is 52.4 Å². The minimum absolute atomic E-state index is 0.0869. The average Bonchev–Trinajstić information content (AvgIpc) is 3.39. The Morgan fingerprint density at radius 2 is 1.84 bits per heavy atom. The molecular weight excluding hydrogens is 488 g/mol. The molecule has 1 atom stereocenters. The van der Waals surface area contributed by atoms with Crippen molar-refractivity contribution in [2.24, 2.45) is 7.05 Å². The van der Waals surface area contributed by atoms with Crippen LogP contribution in [0.5, 0.6) is 5.75 Å². The summed E-state index contributed by atoms with van der Waals surface area (Å²) in [6.45, 7) is 10.4. The van der Waals surface area contributed by atoms with Crippen LogP contribution < -0.4 is 15.6 Å². The smallest absolute Gasteiger partial charge is 0.295 e. The molecule has 0 bridgehead atoms. The van der Waals surface area contributed by atoms with Crippen molar-refractivity contribution in [1.29, 1.82) is 0 Å². The Morgan fingerprint density at radius 3 is 2.51 bits per heavy atom. The molecule has 194 valence electrons. The summed E-state index contributed by atoms with van der Waals surface area (Å²) in [4.78, 5) is 25.9. The van der Waals surface area contributed by atoms with Gasteiger partial charge in [-0.15, -0.1) is 10.2 Å². The maximum Gasteiger partial charge on any atom is 0.295 e. The van der Waals surface area contributed by atoms with E-state index >= 15 is 0 Å². The zero-order valence-corrected chi connectivity index (χ0v) is 22.8. The van der Waals surface area contributed by atoms with Crippen LogP contribution in [-0.4, -0.2) is 35.8 Å². The van der Waals surface area contributed by atoms with Gasteiger partial charge in [-0.25, -0.2) is 4.68 Å². The summed E-state index contributed by atoms with van der Waals surface area (Å²) in [7, 11) is 1.79. The van der Waals surface area contributed by atoms with Crippen LogP contribution in [-0.2, 0) is 18.4 Å². The SMILES string of the molecule is CCn1c(SCC(=O)Nc2c(C)n(C)n(-c3ccccc3)c2=O)nnc1C(C)Oc1ccc(C)cc1C. The van der Waals surface area contributed by atoms with E-state index in [0.717, 1.165) is 17.0 Å². The van der Waals surface area contributed by atoms with Crippen molar-refractivity contribution in [2.75, 3.05) is 11.1 Å². The van der Waals surface area contributed by atoms with Crippen LogP contribution in [0.3, 0.4) is 0 Å². The molecule has 0 saturated heterocycles. The van der Waals surface area contributed by atoms with Crippen molar-refractivity contribution in [3.8, 4) is 11.4 Å². The van der Waals surface area contributed by atoms with Gasteiger partial charge in [-0.1, -0.05) is 47.7 Å². The van der Waals surface area contributed by atoms with E-state index in [1.54, 1.807) is 18.7 Å². The first-order valence-corrected chi connectivity index (χ1v) is 13.1. The minimum atomic E-state index is -0.319. The highest BCUT2D eigenvalue weighted by atomic mass is 32.2. The molecule has 0 radical (unpaired) electrons. The van der Waals surface area contributed by atoms with E-state index in [0.29, 0.717) is 23.2 Å². The summed E-state index contributed by atoms with van der Waals surface area (Å²) in [5.74, 6) is 1.29. The molecule has 4 aromatic rings. The highest BCUT2D eigenvalue weighted by molar-refractivity contribution is 7.99. The molecule has 1 amide bonds. The van der Waals surface area contributed by atoms with E-state index in [-0.39, 0.29) is 29.0 Å². The third kappa shape index (κ3) is 5.48. The van der Waals surface area contributed by atoms with Crippen LogP contribution in [0.25, 0.3) is 5.69 Å². The zero-order valence-electron chi connectivity index (χ0n) is 22.0. The minimum Gasteiger partial charge on any atom is -0.482 e. The largest absolute Gasteiger partial charge is 0.482 e. The van der Waals surface area contributed by atoms with Gasteiger partial charge in [0.05, 0.1) is 17.1 Å². The molecular formula is C27H32N6O3S. The number of para-hydroxylation sites is 1. The number of thioether (sulfide) groups is 1. The van der Waals surface area contributed by atoms with Gasteiger partial charge in [-0.2, -0.15) is 0 Å². The van der Waals surface area contributed by atoms with E-state index in [9.17, 15) is 9.59 Å². The molecule has 0 spiro atoms. The van der Waals surface area contributed by atoms with Crippen LogP contribution in [0.2, 0.25) is 0 Å². The maximum absolute atomic E-state index is 13.1. The molecule has 0 aliphatic rings. The van der Waals surface area contributed by atoms with Crippen LogP contribution in [0, 0.1) is 20.8 Å². The Balaban J connectivity index is 1.45. The predicted octanol–water partition coefficient (Wildman–Crippen LogP) is 4.58. The number of ether oxygens (including phenoxy) is 1. The van der Waals surface area contributed by atoms with Gasteiger partial charge < -0.3 is 14.6 Å². The second-order valence-electron chi connectivity index (χ2n) is 8.89. The highest BCUT2D eigenvalue weighted by Crippen LogP contribution is 2.27. The lowest BCUT2D eigenvalue weighted by atomic mass is 10.1. The normalized spacial score (nSPS) is 11.9.